The summed E-state index contributed by atoms with van der Waals surface area (Å²) in [5, 5.41) is 10.3. The minimum atomic E-state index is -0.931. The van der Waals surface area contributed by atoms with Crippen LogP contribution in [0, 0.1) is 0 Å². The van der Waals surface area contributed by atoms with E-state index in [0.717, 1.165) is 0 Å². The summed E-state index contributed by atoms with van der Waals surface area (Å²) in [5.74, 6) is -0.565. The van der Waals surface area contributed by atoms with Gasteiger partial charge >= 0.3 is 5.97 Å². The molecule has 0 aliphatic heterocycles. The monoisotopic (exact) mass is 161 g/mol. The predicted octanol–water partition coefficient (Wildman–Crippen LogP) is 0.385. The third-order valence-corrected chi connectivity index (χ3v) is 1.07. The highest BCUT2D eigenvalue weighted by Gasteiger charge is 2.18. The Hall–Kier alpha value is -0.610. The molecule has 0 saturated heterocycles. The van der Waals surface area contributed by atoms with Gasteiger partial charge in [0.05, 0.1) is 6.61 Å². The molecule has 0 aliphatic carbocycles. The lowest BCUT2D eigenvalue weighted by Crippen LogP contribution is -2.29. The zero-order valence-corrected chi connectivity index (χ0v) is 6.83. The van der Waals surface area contributed by atoms with Crippen molar-refractivity contribution >= 4 is 5.97 Å². The molecule has 4 nitrogen and oxygen atoms in total. The van der Waals surface area contributed by atoms with Crippen LogP contribution in [0.15, 0.2) is 0 Å². The lowest BCUT2D eigenvalue weighted by atomic mass is 10.4. The molecule has 0 aromatic carbocycles. The maximum absolute atomic E-state index is 10.8. The van der Waals surface area contributed by atoms with Gasteiger partial charge in [-0.2, -0.15) is 0 Å². The van der Waals surface area contributed by atoms with Gasteiger partial charge in [-0.3, -0.25) is 0 Å². The van der Waals surface area contributed by atoms with Crippen molar-refractivity contribution in [1.29, 1.82) is 0 Å². The lowest BCUT2D eigenvalue weighted by molar-refractivity contribution is -0.160. The van der Waals surface area contributed by atoms with Crippen molar-refractivity contribution in [2.45, 2.75) is 20.0 Å². The predicted molar refractivity (Wildman–Crippen MR) is 37.6 cm³/mol. The van der Waals surface area contributed by atoms with Crippen molar-refractivity contribution < 1.29 is 19.4 Å². The van der Waals surface area contributed by atoms with Gasteiger partial charge < -0.3 is 9.47 Å². The third-order valence-electron chi connectivity index (χ3n) is 1.07. The molecule has 0 amide bonds. The van der Waals surface area contributed by atoms with E-state index < -0.39 is 18.7 Å². The summed E-state index contributed by atoms with van der Waals surface area (Å²) < 4.78 is 9.40. The minimum Gasteiger partial charge on any atom is -0.464 e. The van der Waals surface area contributed by atoms with Gasteiger partial charge in [0.25, 0.3) is 0 Å². The molecule has 65 valence electrons. The van der Waals surface area contributed by atoms with Gasteiger partial charge in [-0.05, 0) is 13.8 Å². The van der Waals surface area contributed by atoms with Crippen molar-refractivity contribution in [2.75, 3.05) is 19.8 Å². The van der Waals surface area contributed by atoms with E-state index >= 15 is 0 Å². The summed E-state index contributed by atoms with van der Waals surface area (Å²) in [7, 11) is 0. The number of hydrogen-bond donors (Lipinski definition) is 0. The molecule has 1 atom stereocenters. The summed E-state index contributed by atoms with van der Waals surface area (Å²) in [5.41, 5.74) is 0. The third kappa shape index (κ3) is 3.95. The van der Waals surface area contributed by atoms with Crippen molar-refractivity contribution in [3.05, 3.63) is 0 Å². The first-order valence-corrected chi connectivity index (χ1v) is 3.62. The van der Waals surface area contributed by atoms with E-state index in [1.54, 1.807) is 13.8 Å². The van der Waals surface area contributed by atoms with E-state index in [0.29, 0.717) is 6.61 Å². The fourth-order valence-corrected chi connectivity index (χ4v) is 0.621. The van der Waals surface area contributed by atoms with Crippen LogP contribution in [0.5, 0.6) is 0 Å². The molecule has 0 spiro atoms. The van der Waals surface area contributed by atoms with Crippen LogP contribution in [0.1, 0.15) is 13.8 Å². The smallest absolute Gasteiger partial charge is 0.337 e. The molecule has 1 radical (unpaired) electrons. The van der Waals surface area contributed by atoms with Crippen molar-refractivity contribution in [1.82, 2.24) is 0 Å². The van der Waals surface area contributed by atoms with Crippen LogP contribution in [-0.2, 0) is 19.4 Å². The molecule has 0 fully saturated rings. The summed E-state index contributed by atoms with van der Waals surface area (Å²) >= 11 is 0. The molecule has 0 aromatic heterocycles. The molecule has 4 heteroatoms. The lowest BCUT2D eigenvalue weighted by Gasteiger charge is -2.10. The molecule has 1 unspecified atom stereocenters. The van der Waals surface area contributed by atoms with Gasteiger partial charge in [0, 0.05) is 6.61 Å². The van der Waals surface area contributed by atoms with Crippen molar-refractivity contribution in [2.24, 2.45) is 0 Å². The molecular weight excluding hydrogens is 148 g/mol. The molecule has 0 rings (SSSR count). The number of carbonyl (C=O) groups excluding carboxylic acids is 1. The number of ether oxygens (including phenoxy) is 2. The van der Waals surface area contributed by atoms with Gasteiger partial charge in [0.1, 0.15) is 6.61 Å². The quantitative estimate of drug-likeness (QED) is 0.548. The molecule has 0 bridgehead atoms. The average molecular weight is 161 g/mol. The highest BCUT2D eigenvalue weighted by Crippen LogP contribution is 1.94. The summed E-state index contributed by atoms with van der Waals surface area (Å²) in [6, 6.07) is 0. The first-order chi connectivity index (χ1) is 5.26. The largest absolute Gasteiger partial charge is 0.464 e. The van der Waals surface area contributed by atoms with E-state index in [4.69, 9.17) is 4.74 Å². The van der Waals surface area contributed by atoms with E-state index in [1.807, 2.05) is 0 Å². The van der Waals surface area contributed by atoms with Crippen LogP contribution in [0.25, 0.3) is 0 Å². The topological polar surface area (TPSA) is 55.4 Å². The van der Waals surface area contributed by atoms with Crippen LogP contribution in [0.4, 0.5) is 0 Å². The Labute approximate surface area is 66.1 Å². The van der Waals surface area contributed by atoms with E-state index in [-0.39, 0.29) is 6.61 Å². The highest BCUT2D eigenvalue weighted by atomic mass is 16.6. The molecular formula is C7H13O4. The van der Waals surface area contributed by atoms with Crippen LogP contribution >= 0.6 is 0 Å². The second kappa shape index (κ2) is 6.12. The first-order valence-electron chi connectivity index (χ1n) is 3.62. The van der Waals surface area contributed by atoms with Gasteiger partial charge in [0.15, 0.2) is 6.10 Å². The Balaban J connectivity index is 3.71. The highest BCUT2D eigenvalue weighted by molar-refractivity contribution is 5.74. The van der Waals surface area contributed by atoms with E-state index in [1.165, 1.54) is 0 Å². The molecule has 0 aliphatic rings. The Kier molecular flexibility index (Phi) is 5.78. The average Bonchev–Trinajstić information content (AvgIpc) is 2.00. The Bertz CT molecular complexity index is 113. The van der Waals surface area contributed by atoms with Crippen molar-refractivity contribution in [3.63, 3.8) is 0 Å². The van der Waals surface area contributed by atoms with Gasteiger partial charge in [-0.25, -0.2) is 9.90 Å². The first kappa shape index (κ1) is 10.4. The Morgan fingerprint density at radius 1 is 1.36 bits per heavy atom. The standard InChI is InChI=1S/C7H13O4/c1-3-10-6(5-8)7(9)11-4-2/h6H,3-5H2,1-2H3. The minimum absolute atomic E-state index is 0.280. The summed E-state index contributed by atoms with van der Waals surface area (Å²) in [4.78, 5) is 10.8. The van der Waals surface area contributed by atoms with Gasteiger partial charge in [-0.15, -0.1) is 0 Å². The number of hydrogen-bond acceptors (Lipinski definition) is 3. The van der Waals surface area contributed by atoms with Crippen LogP contribution < -0.4 is 0 Å². The zero-order valence-electron chi connectivity index (χ0n) is 6.83. The van der Waals surface area contributed by atoms with Crippen molar-refractivity contribution in [3.8, 4) is 0 Å². The van der Waals surface area contributed by atoms with E-state index in [9.17, 15) is 9.90 Å². The van der Waals surface area contributed by atoms with Gasteiger partial charge in [-0.1, -0.05) is 0 Å². The van der Waals surface area contributed by atoms with E-state index in [2.05, 4.69) is 4.74 Å². The second-order valence-electron chi connectivity index (χ2n) is 1.86. The molecule has 0 heterocycles. The molecule has 0 N–H and O–H groups in total. The molecule has 11 heavy (non-hydrogen) atoms. The fraction of sp³-hybridized carbons (Fsp3) is 0.857. The fourth-order valence-electron chi connectivity index (χ4n) is 0.621. The van der Waals surface area contributed by atoms with Crippen LogP contribution in [-0.4, -0.2) is 31.9 Å². The summed E-state index contributed by atoms with van der Waals surface area (Å²) in [6.45, 7) is 3.47. The summed E-state index contributed by atoms with van der Waals surface area (Å²) in [6.07, 6.45) is -0.931. The SMILES string of the molecule is CCOC(=O)C(C[O])OCC. The maximum Gasteiger partial charge on any atom is 0.337 e. The van der Waals surface area contributed by atoms with Crippen LogP contribution in [0.2, 0.25) is 0 Å². The Morgan fingerprint density at radius 3 is 2.36 bits per heavy atom. The molecule has 0 aromatic rings. The second-order valence-corrected chi connectivity index (χ2v) is 1.86. The zero-order chi connectivity index (χ0) is 8.69. The van der Waals surface area contributed by atoms with Gasteiger partial charge in [0.2, 0.25) is 0 Å². The number of esters is 1. The maximum atomic E-state index is 10.8. The Morgan fingerprint density at radius 2 is 2.00 bits per heavy atom. The number of rotatable bonds is 5. The van der Waals surface area contributed by atoms with Crippen LogP contribution in [0.3, 0.4) is 0 Å². The molecule has 0 saturated carbocycles. The number of carbonyl (C=O) groups is 1. The normalized spacial score (nSPS) is 12.6.